The number of aryl methyl sites for hydroxylation is 1. The number of alkyl halides is 1. The number of allylic oxidation sites excluding steroid dienone is 1. The second kappa shape index (κ2) is 14.4. The molecule has 0 amide bonds. The van der Waals surface area contributed by atoms with Crippen LogP contribution >= 0.6 is 15.9 Å². The summed E-state index contributed by atoms with van der Waals surface area (Å²) < 4.78 is 10.2. The number of esters is 1. The number of hydrogen-bond donors (Lipinski definition) is 0. The van der Waals surface area contributed by atoms with Crippen LogP contribution in [0.3, 0.4) is 0 Å². The van der Waals surface area contributed by atoms with Crippen molar-refractivity contribution < 1.29 is 14.3 Å². The minimum Gasteiger partial charge on any atom is -0.489 e. The van der Waals surface area contributed by atoms with E-state index in [9.17, 15) is 4.79 Å². The van der Waals surface area contributed by atoms with Gasteiger partial charge in [-0.25, -0.2) is 4.79 Å². The molecule has 0 heterocycles. The maximum Gasteiger partial charge on any atom is 0.338 e. The normalized spacial score (nSPS) is 8.45. The minimum atomic E-state index is -0.334. The minimum absolute atomic E-state index is 0.334. The summed E-state index contributed by atoms with van der Waals surface area (Å²) >= 11 is 3.13. The van der Waals surface area contributed by atoms with Crippen LogP contribution in [0.15, 0.2) is 37.4 Å². The topological polar surface area (TPSA) is 35.5 Å². The highest BCUT2D eigenvalue weighted by atomic mass is 79.9. The zero-order chi connectivity index (χ0) is 17.5. The molecule has 0 aliphatic rings. The van der Waals surface area contributed by atoms with E-state index in [1.165, 1.54) is 7.11 Å². The first-order valence-electron chi connectivity index (χ1n) is 7.12. The molecule has 0 N–H and O–H groups in total. The Morgan fingerprint density at radius 3 is 2.18 bits per heavy atom. The lowest BCUT2D eigenvalue weighted by atomic mass is 10.0. The largest absolute Gasteiger partial charge is 0.489 e. The van der Waals surface area contributed by atoms with Crippen molar-refractivity contribution >= 4 is 21.9 Å². The molecule has 0 aliphatic carbocycles. The van der Waals surface area contributed by atoms with Crippen LogP contribution in [0, 0.1) is 13.8 Å². The van der Waals surface area contributed by atoms with Gasteiger partial charge in [0.2, 0.25) is 0 Å². The summed E-state index contributed by atoms with van der Waals surface area (Å²) in [7, 11) is 1.37. The van der Waals surface area contributed by atoms with Gasteiger partial charge < -0.3 is 9.47 Å². The Morgan fingerprint density at radius 2 is 1.77 bits per heavy atom. The summed E-state index contributed by atoms with van der Waals surface area (Å²) in [6.07, 6.45) is 3.46. The highest BCUT2D eigenvalue weighted by Crippen LogP contribution is 2.25. The first-order valence-corrected chi connectivity index (χ1v) is 8.24. The van der Waals surface area contributed by atoms with Crippen molar-refractivity contribution in [3.63, 3.8) is 0 Å². The van der Waals surface area contributed by atoms with Gasteiger partial charge in [0.25, 0.3) is 0 Å². The van der Waals surface area contributed by atoms with Gasteiger partial charge in [0, 0.05) is 10.9 Å². The van der Waals surface area contributed by atoms with Crippen molar-refractivity contribution in [3.05, 3.63) is 54.1 Å². The summed E-state index contributed by atoms with van der Waals surface area (Å²) in [5.41, 5.74) is 2.26. The van der Waals surface area contributed by atoms with Crippen molar-refractivity contribution in [2.45, 2.75) is 27.7 Å². The Morgan fingerprint density at radius 1 is 1.23 bits per heavy atom. The van der Waals surface area contributed by atoms with Gasteiger partial charge in [-0.2, -0.15) is 0 Å². The molecule has 0 aliphatic heterocycles. The molecule has 0 saturated heterocycles. The van der Waals surface area contributed by atoms with E-state index >= 15 is 0 Å². The van der Waals surface area contributed by atoms with E-state index in [4.69, 9.17) is 9.47 Å². The van der Waals surface area contributed by atoms with Crippen LogP contribution in [0.25, 0.3) is 0 Å². The van der Waals surface area contributed by atoms with Crippen LogP contribution in [-0.4, -0.2) is 25.0 Å². The number of methoxy groups -OCH3 is 1. The van der Waals surface area contributed by atoms with Gasteiger partial charge in [-0.1, -0.05) is 54.6 Å². The first-order chi connectivity index (χ1) is 10.5. The van der Waals surface area contributed by atoms with Gasteiger partial charge in [0.15, 0.2) is 0 Å². The lowest BCUT2D eigenvalue weighted by Crippen LogP contribution is -2.08. The molecule has 1 aromatic carbocycles. The third kappa shape index (κ3) is 8.03. The molecule has 0 atom stereocenters. The molecule has 3 nitrogen and oxygen atoms in total. The number of halogens is 1. The smallest absolute Gasteiger partial charge is 0.338 e. The van der Waals surface area contributed by atoms with Crippen LogP contribution < -0.4 is 4.74 Å². The molecule has 0 aromatic heterocycles. The van der Waals surface area contributed by atoms with Gasteiger partial charge in [0.05, 0.1) is 12.7 Å². The molecule has 0 spiro atoms. The van der Waals surface area contributed by atoms with E-state index < -0.39 is 0 Å². The van der Waals surface area contributed by atoms with E-state index in [0.717, 1.165) is 16.5 Å². The summed E-state index contributed by atoms with van der Waals surface area (Å²) in [4.78, 5) is 11.6. The van der Waals surface area contributed by atoms with Gasteiger partial charge >= 0.3 is 5.97 Å². The zero-order valence-electron chi connectivity index (χ0n) is 14.2. The molecule has 22 heavy (non-hydrogen) atoms. The van der Waals surface area contributed by atoms with Gasteiger partial charge in [-0.15, -0.1) is 6.58 Å². The van der Waals surface area contributed by atoms with Crippen LogP contribution in [0.1, 0.15) is 35.3 Å². The van der Waals surface area contributed by atoms with Gasteiger partial charge in [-0.05, 0) is 25.5 Å². The Kier molecular flexibility index (Phi) is 14.9. The molecule has 1 rings (SSSR count). The van der Waals surface area contributed by atoms with E-state index in [0.29, 0.717) is 17.9 Å². The van der Waals surface area contributed by atoms with E-state index in [-0.39, 0.29) is 5.97 Å². The summed E-state index contributed by atoms with van der Waals surface area (Å²) in [6.45, 7) is 15.1. The Hall–Kier alpha value is -1.55. The predicted molar refractivity (Wildman–Crippen MR) is 98.3 cm³/mol. The molecule has 124 valence electrons. The number of carbonyl (C=O) groups excluding carboxylic acids is 1. The average molecular weight is 371 g/mol. The van der Waals surface area contributed by atoms with Crippen molar-refractivity contribution in [1.29, 1.82) is 0 Å². The van der Waals surface area contributed by atoms with Crippen LogP contribution in [0.4, 0.5) is 0 Å². The molecule has 0 fully saturated rings. The SMILES string of the molecule is C=CCBr.C=CCOc1ccc(C)c(C(=O)OC)c1C.CC. The van der Waals surface area contributed by atoms with Crippen LogP contribution in [0.5, 0.6) is 5.75 Å². The maximum atomic E-state index is 11.6. The second-order valence-corrected chi connectivity index (χ2v) is 4.56. The average Bonchev–Trinajstić information content (AvgIpc) is 2.56. The van der Waals surface area contributed by atoms with Crippen LogP contribution in [-0.2, 0) is 4.74 Å². The molecular formula is C18H27BrO3. The lowest BCUT2D eigenvalue weighted by molar-refractivity contribution is 0.0598. The quantitative estimate of drug-likeness (QED) is 0.403. The molecule has 4 heteroatoms. The van der Waals surface area contributed by atoms with E-state index in [1.807, 2.05) is 39.8 Å². The van der Waals surface area contributed by atoms with Crippen molar-refractivity contribution in [1.82, 2.24) is 0 Å². The lowest BCUT2D eigenvalue weighted by Gasteiger charge is -2.12. The summed E-state index contributed by atoms with van der Waals surface area (Å²) in [6, 6.07) is 3.69. The fourth-order valence-electron chi connectivity index (χ4n) is 1.55. The van der Waals surface area contributed by atoms with E-state index in [1.54, 1.807) is 12.2 Å². The second-order valence-electron chi connectivity index (χ2n) is 3.91. The number of benzene rings is 1. The Balaban J connectivity index is 0. The number of carbonyl (C=O) groups is 1. The standard InChI is InChI=1S/C13H16O3.C3H5Br.C2H6/c1-5-8-16-11-7-6-9(2)12(10(11)3)13(14)15-4;1-2-3-4;1-2/h5-7H,1,8H2,2-4H3;2H,1,3H2;1-2H3. The number of ether oxygens (including phenoxy) is 2. The molecule has 1 aromatic rings. The molecule has 0 radical (unpaired) electrons. The monoisotopic (exact) mass is 370 g/mol. The third-order valence-electron chi connectivity index (χ3n) is 2.48. The molecule has 0 bridgehead atoms. The molecule has 0 unspecified atom stereocenters. The zero-order valence-corrected chi connectivity index (χ0v) is 15.8. The first kappa shape index (κ1) is 22.7. The summed E-state index contributed by atoms with van der Waals surface area (Å²) in [5, 5.41) is 0.896. The fourth-order valence-corrected chi connectivity index (χ4v) is 1.55. The van der Waals surface area contributed by atoms with Gasteiger partial charge in [-0.3, -0.25) is 0 Å². The van der Waals surface area contributed by atoms with Crippen molar-refractivity contribution in [3.8, 4) is 5.75 Å². The highest BCUT2D eigenvalue weighted by Gasteiger charge is 2.15. The number of hydrogen-bond acceptors (Lipinski definition) is 3. The Bertz CT molecular complexity index is 468. The predicted octanol–water partition coefficient (Wildman–Crippen LogP) is 5.25. The summed E-state index contributed by atoms with van der Waals surface area (Å²) in [5.74, 6) is 0.352. The molecular weight excluding hydrogens is 344 g/mol. The van der Waals surface area contributed by atoms with Crippen molar-refractivity contribution in [2.24, 2.45) is 0 Å². The van der Waals surface area contributed by atoms with Crippen LogP contribution in [0.2, 0.25) is 0 Å². The fraction of sp³-hybridized carbons (Fsp3) is 0.389. The number of rotatable bonds is 5. The molecule has 0 saturated carbocycles. The van der Waals surface area contributed by atoms with E-state index in [2.05, 4.69) is 29.1 Å². The maximum absolute atomic E-state index is 11.6. The Labute approximate surface area is 143 Å². The van der Waals surface area contributed by atoms with Gasteiger partial charge in [0.1, 0.15) is 12.4 Å². The highest BCUT2D eigenvalue weighted by molar-refractivity contribution is 9.09. The third-order valence-corrected chi connectivity index (χ3v) is 2.94. The van der Waals surface area contributed by atoms with Crippen molar-refractivity contribution in [2.75, 3.05) is 19.0 Å².